The first-order chi connectivity index (χ1) is 13.2. The Hall–Kier alpha value is -3.02. The second-order valence-electron chi connectivity index (χ2n) is 6.49. The molecule has 3 aromatic rings. The maximum Gasteiger partial charge on any atom is 0.148 e. The number of methoxy groups -OCH3 is 2. The summed E-state index contributed by atoms with van der Waals surface area (Å²) in [5.74, 6) is 1.97. The molecule has 0 spiro atoms. The van der Waals surface area contributed by atoms with Crippen LogP contribution in [0, 0.1) is 5.82 Å². The number of hydrogen-bond donors (Lipinski definition) is 1. The van der Waals surface area contributed by atoms with E-state index in [4.69, 9.17) is 14.6 Å². The lowest BCUT2D eigenvalue weighted by Gasteiger charge is -2.10. The molecule has 1 N–H and O–H groups in total. The Labute approximate surface area is 157 Å². The third-order valence-corrected chi connectivity index (χ3v) is 4.87. The standard InChI is InChI=1S/C21H22FN3O2/c1-26-14-10-11-19(27-2)16(13-14)20-15-7-5-6-12-23-21(15)25(24-20)18-9-4-3-8-17(18)22/h3-4,8-11,13,23H,5-7,12H2,1-2H3. The van der Waals surface area contributed by atoms with Crippen molar-refractivity contribution in [2.75, 3.05) is 26.1 Å². The summed E-state index contributed by atoms with van der Waals surface area (Å²) >= 11 is 0. The zero-order valence-corrected chi connectivity index (χ0v) is 15.5. The summed E-state index contributed by atoms with van der Waals surface area (Å²) in [4.78, 5) is 0. The first-order valence-corrected chi connectivity index (χ1v) is 9.06. The number of hydrogen-bond acceptors (Lipinski definition) is 4. The van der Waals surface area contributed by atoms with Crippen LogP contribution >= 0.6 is 0 Å². The summed E-state index contributed by atoms with van der Waals surface area (Å²) in [7, 11) is 3.27. The van der Waals surface area contributed by atoms with E-state index in [1.807, 2.05) is 24.3 Å². The zero-order valence-electron chi connectivity index (χ0n) is 15.5. The molecule has 0 amide bonds. The molecule has 1 aromatic heterocycles. The smallest absolute Gasteiger partial charge is 0.148 e. The third kappa shape index (κ3) is 3.12. The largest absolute Gasteiger partial charge is 0.497 e. The lowest BCUT2D eigenvalue weighted by Crippen LogP contribution is -2.08. The highest BCUT2D eigenvalue weighted by Gasteiger charge is 2.24. The van der Waals surface area contributed by atoms with E-state index in [1.165, 1.54) is 6.07 Å². The predicted octanol–water partition coefficient (Wildman–Crippen LogP) is 4.44. The minimum Gasteiger partial charge on any atom is -0.497 e. The summed E-state index contributed by atoms with van der Waals surface area (Å²) in [6.45, 7) is 0.835. The molecule has 2 aromatic carbocycles. The summed E-state index contributed by atoms with van der Waals surface area (Å²) in [6, 6.07) is 12.3. The van der Waals surface area contributed by atoms with Crippen molar-refractivity contribution in [2.24, 2.45) is 0 Å². The lowest BCUT2D eigenvalue weighted by atomic mass is 10.0. The number of aromatic nitrogens is 2. The fraction of sp³-hybridized carbons (Fsp3) is 0.286. The second kappa shape index (κ2) is 7.31. The van der Waals surface area contributed by atoms with Gasteiger partial charge in [0, 0.05) is 17.7 Å². The number of nitrogens with one attached hydrogen (secondary N) is 1. The zero-order chi connectivity index (χ0) is 18.8. The minimum absolute atomic E-state index is 0.307. The van der Waals surface area contributed by atoms with Crippen LogP contribution in [-0.2, 0) is 6.42 Å². The summed E-state index contributed by atoms with van der Waals surface area (Å²) in [5, 5.41) is 8.23. The van der Waals surface area contributed by atoms with Crippen LogP contribution in [0.1, 0.15) is 18.4 Å². The van der Waals surface area contributed by atoms with Gasteiger partial charge in [-0.1, -0.05) is 12.1 Å². The van der Waals surface area contributed by atoms with Crippen molar-refractivity contribution < 1.29 is 13.9 Å². The van der Waals surface area contributed by atoms with Crippen LogP contribution in [0.15, 0.2) is 42.5 Å². The van der Waals surface area contributed by atoms with Crippen molar-refractivity contribution in [3.63, 3.8) is 0 Å². The van der Waals surface area contributed by atoms with Gasteiger partial charge < -0.3 is 14.8 Å². The van der Waals surface area contributed by atoms with Crippen molar-refractivity contribution in [3.05, 3.63) is 53.8 Å². The number of anilines is 1. The monoisotopic (exact) mass is 367 g/mol. The third-order valence-electron chi connectivity index (χ3n) is 4.87. The van der Waals surface area contributed by atoms with Gasteiger partial charge in [-0.3, -0.25) is 0 Å². The number of ether oxygens (including phenoxy) is 2. The van der Waals surface area contributed by atoms with E-state index in [2.05, 4.69) is 5.32 Å². The minimum atomic E-state index is -0.307. The predicted molar refractivity (Wildman–Crippen MR) is 103 cm³/mol. The molecule has 0 atom stereocenters. The van der Waals surface area contributed by atoms with Crippen molar-refractivity contribution in [1.82, 2.24) is 9.78 Å². The molecule has 27 heavy (non-hydrogen) atoms. The second-order valence-corrected chi connectivity index (χ2v) is 6.49. The molecule has 0 unspecified atom stereocenters. The molecule has 0 radical (unpaired) electrons. The Morgan fingerprint density at radius 2 is 1.93 bits per heavy atom. The number of halogens is 1. The first kappa shape index (κ1) is 17.4. The highest BCUT2D eigenvalue weighted by Crippen LogP contribution is 2.39. The molecule has 0 aliphatic carbocycles. The van der Waals surface area contributed by atoms with Gasteiger partial charge in [0.1, 0.15) is 34.5 Å². The van der Waals surface area contributed by atoms with Gasteiger partial charge in [0.25, 0.3) is 0 Å². The number of para-hydroxylation sites is 1. The van der Waals surface area contributed by atoms with Gasteiger partial charge in [-0.05, 0) is 49.6 Å². The Kier molecular flexibility index (Phi) is 4.71. The summed E-state index contributed by atoms with van der Waals surface area (Å²) < 4.78 is 27.1. The van der Waals surface area contributed by atoms with Gasteiger partial charge in [0.05, 0.1) is 14.2 Å². The summed E-state index contributed by atoms with van der Waals surface area (Å²) in [6.07, 6.45) is 2.97. The van der Waals surface area contributed by atoms with E-state index >= 15 is 0 Å². The quantitative estimate of drug-likeness (QED) is 0.740. The maximum absolute atomic E-state index is 14.5. The molecular weight excluding hydrogens is 345 g/mol. The van der Waals surface area contributed by atoms with Crippen LogP contribution in [0.25, 0.3) is 16.9 Å². The Morgan fingerprint density at radius 1 is 1.07 bits per heavy atom. The molecule has 0 bridgehead atoms. The number of nitrogens with zero attached hydrogens (tertiary/aromatic N) is 2. The van der Waals surface area contributed by atoms with E-state index in [-0.39, 0.29) is 5.82 Å². The molecule has 0 saturated carbocycles. The molecule has 6 heteroatoms. The molecule has 1 aliphatic heterocycles. The van der Waals surface area contributed by atoms with Crippen LogP contribution < -0.4 is 14.8 Å². The van der Waals surface area contributed by atoms with Crippen molar-refractivity contribution in [2.45, 2.75) is 19.3 Å². The lowest BCUT2D eigenvalue weighted by molar-refractivity contribution is 0.404. The number of rotatable bonds is 4. The van der Waals surface area contributed by atoms with E-state index in [0.717, 1.165) is 54.2 Å². The molecule has 140 valence electrons. The van der Waals surface area contributed by atoms with Crippen LogP contribution in [0.2, 0.25) is 0 Å². The van der Waals surface area contributed by atoms with E-state index in [0.29, 0.717) is 11.4 Å². The van der Waals surface area contributed by atoms with Gasteiger partial charge in [-0.15, -0.1) is 0 Å². The van der Waals surface area contributed by atoms with Gasteiger partial charge >= 0.3 is 0 Å². The van der Waals surface area contributed by atoms with Crippen molar-refractivity contribution >= 4 is 5.82 Å². The molecule has 0 fully saturated rings. The van der Waals surface area contributed by atoms with Gasteiger partial charge in [0.15, 0.2) is 0 Å². The van der Waals surface area contributed by atoms with E-state index < -0.39 is 0 Å². The topological polar surface area (TPSA) is 48.3 Å². The molecule has 0 saturated heterocycles. The highest BCUT2D eigenvalue weighted by atomic mass is 19.1. The van der Waals surface area contributed by atoms with Crippen LogP contribution in [-0.4, -0.2) is 30.5 Å². The highest BCUT2D eigenvalue weighted by molar-refractivity contribution is 5.76. The molecule has 4 rings (SSSR count). The van der Waals surface area contributed by atoms with Crippen LogP contribution in [0.3, 0.4) is 0 Å². The molecule has 5 nitrogen and oxygen atoms in total. The maximum atomic E-state index is 14.5. The van der Waals surface area contributed by atoms with Crippen molar-refractivity contribution in [3.8, 4) is 28.4 Å². The SMILES string of the molecule is COc1ccc(OC)c(-c2nn(-c3ccccc3F)c3c2CCCCN3)c1. The molecular formula is C21H22FN3O2. The average molecular weight is 367 g/mol. The first-order valence-electron chi connectivity index (χ1n) is 9.06. The molecule has 1 aliphatic rings. The van der Waals surface area contributed by atoms with E-state index in [9.17, 15) is 4.39 Å². The van der Waals surface area contributed by atoms with Crippen LogP contribution in [0.4, 0.5) is 10.2 Å². The normalized spacial score (nSPS) is 13.4. The fourth-order valence-electron chi connectivity index (χ4n) is 3.52. The average Bonchev–Trinajstić information content (AvgIpc) is 2.88. The summed E-state index contributed by atoms with van der Waals surface area (Å²) in [5.41, 5.74) is 3.13. The Bertz CT molecular complexity index is 968. The Morgan fingerprint density at radius 3 is 2.70 bits per heavy atom. The van der Waals surface area contributed by atoms with Gasteiger partial charge in [-0.25, -0.2) is 9.07 Å². The molecule has 2 heterocycles. The van der Waals surface area contributed by atoms with E-state index in [1.54, 1.807) is 31.0 Å². The van der Waals surface area contributed by atoms with Gasteiger partial charge in [-0.2, -0.15) is 5.10 Å². The van der Waals surface area contributed by atoms with Crippen molar-refractivity contribution in [1.29, 1.82) is 0 Å². The van der Waals surface area contributed by atoms with Crippen LogP contribution in [0.5, 0.6) is 11.5 Å². The number of benzene rings is 2. The number of fused-ring (bicyclic) bond motifs is 1. The Balaban J connectivity index is 1.96. The van der Waals surface area contributed by atoms with Gasteiger partial charge in [0.2, 0.25) is 0 Å². The fourth-order valence-corrected chi connectivity index (χ4v) is 3.52.